The Kier molecular flexibility index (Phi) is 3.67. The molecule has 3 heterocycles. The Morgan fingerprint density at radius 1 is 1.28 bits per heavy atom. The number of hydrogen-bond acceptors (Lipinski definition) is 5. The lowest BCUT2D eigenvalue weighted by atomic mass is 9.91. The standard InChI is InChI=1S/C18H14FN5O/c19-11-3-1-10(2-4-11)17-13(8-22-24-17)16-12(7-20)18(21)23-15-5-6-25-9-14(15)16/h1-4,8H,5-6,9H2,(H2,21,23)(H,22,24). The fourth-order valence-corrected chi connectivity index (χ4v) is 3.12. The number of nitriles is 1. The number of rotatable bonds is 2. The molecule has 4 rings (SSSR count). The van der Waals surface area contributed by atoms with Gasteiger partial charge in [0.05, 0.1) is 30.8 Å². The van der Waals surface area contributed by atoms with Crippen molar-refractivity contribution in [3.05, 3.63) is 53.1 Å². The molecule has 7 heteroatoms. The van der Waals surface area contributed by atoms with Crippen molar-refractivity contribution in [2.75, 3.05) is 12.3 Å². The zero-order valence-electron chi connectivity index (χ0n) is 13.2. The van der Waals surface area contributed by atoms with Crippen molar-refractivity contribution in [3.63, 3.8) is 0 Å². The first kappa shape index (κ1) is 15.3. The zero-order chi connectivity index (χ0) is 17.4. The first-order valence-corrected chi connectivity index (χ1v) is 7.77. The highest BCUT2D eigenvalue weighted by atomic mass is 19.1. The Labute approximate surface area is 143 Å². The Bertz CT molecular complexity index is 988. The number of H-pyrrole nitrogens is 1. The third-order valence-corrected chi connectivity index (χ3v) is 4.29. The van der Waals surface area contributed by atoms with E-state index in [1.165, 1.54) is 12.1 Å². The Hall–Kier alpha value is -3.24. The van der Waals surface area contributed by atoms with Gasteiger partial charge in [0.1, 0.15) is 23.3 Å². The molecule has 2 aromatic heterocycles. The number of aromatic amines is 1. The number of halogens is 1. The van der Waals surface area contributed by atoms with Crippen molar-refractivity contribution in [1.29, 1.82) is 5.26 Å². The number of nitrogens with one attached hydrogen (secondary N) is 1. The van der Waals surface area contributed by atoms with Gasteiger partial charge in [-0.3, -0.25) is 5.10 Å². The summed E-state index contributed by atoms with van der Waals surface area (Å²) in [6.45, 7) is 0.932. The van der Waals surface area contributed by atoms with Crippen LogP contribution in [0.25, 0.3) is 22.4 Å². The lowest BCUT2D eigenvalue weighted by molar-refractivity contribution is 0.109. The fourth-order valence-electron chi connectivity index (χ4n) is 3.12. The number of benzene rings is 1. The van der Waals surface area contributed by atoms with Crippen LogP contribution >= 0.6 is 0 Å². The molecule has 1 aliphatic heterocycles. The van der Waals surface area contributed by atoms with Crippen molar-refractivity contribution in [2.45, 2.75) is 13.0 Å². The molecule has 0 spiro atoms. The molecule has 3 aromatic rings. The van der Waals surface area contributed by atoms with E-state index in [1.807, 2.05) is 0 Å². The summed E-state index contributed by atoms with van der Waals surface area (Å²) < 4.78 is 18.8. The van der Waals surface area contributed by atoms with E-state index in [4.69, 9.17) is 10.5 Å². The van der Waals surface area contributed by atoms with E-state index in [2.05, 4.69) is 21.3 Å². The van der Waals surface area contributed by atoms with E-state index >= 15 is 0 Å². The summed E-state index contributed by atoms with van der Waals surface area (Å²) in [6.07, 6.45) is 2.28. The Balaban J connectivity index is 1.98. The van der Waals surface area contributed by atoms with Gasteiger partial charge in [0.25, 0.3) is 0 Å². The number of aromatic nitrogens is 3. The van der Waals surface area contributed by atoms with Gasteiger partial charge in [-0.25, -0.2) is 9.37 Å². The lowest BCUT2D eigenvalue weighted by Gasteiger charge is -2.21. The number of anilines is 1. The minimum absolute atomic E-state index is 0.199. The topological polar surface area (TPSA) is 101 Å². The summed E-state index contributed by atoms with van der Waals surface area (Å²) in [5.41, 5.74) is 10.9. The van der Waals surface area contributed by atoms with Crippen LogP contribution in [0.1, 0.15) is 16.8 Å². The van der Waals surface area contributed by atoms with Crippen LogP contribution in [-0.2, 0) is 17.8 Å². The second-order valence-electron chi connectivity index (χ2n) is 5.75. The van der Waals surface area contributed by atoms with E-state index in [9.17, 15) is 9.65 Å². The third kappa shape index (κ3) is 2.53. The highest BCUT2D eigenvalue weighted by molar-refractivity contribution is 5.87. The molecule has 0 fully saturated rings. The second kappa shape index (κ2) is 6.00. The Morgan fingerprint density at radius 3 is 2.84 bits per heavy atom. The van der Waals surface area contributed by atoms with Crippen LogP contribution in [0.2, 0.25) is 0 Å². The molecule has 0 aliphatic carbocycles. The minimum Gasteiger partial charge on any atom is -0.383 e. The highest BCUT2D eigenvalue weighted by Crippen LogP contribution is 2.38. The van der Waals surface area contributed by atoms with Crippen LogP contribution in [0, 0.1) is 17.1 Å². The van der Waals surface area contributed by atoms with Crippen molar-refractivity contribution < 1.29 is 9.13 Å². The molecule has 0 amide bonds. The molecule has 124 valence electrons. The molecule has 0 saturated carbocycles. The van der Waals surface area contributed by atoms with Crippen LogP contribution in [0.3, 0.4) is 0 Å². The van der Waals surface area contributed by atoms with Gasteiger partial charge in [-0.05, 0) is 24.3 Å². The third-order valence-electron chi connectivity index (χ3n) is 4.29. The predicted octanol–water partition coefficient (Wildman–Crippen LogP) is 2.80. The largest absolute Gasteiger partial charge is 0.383 e. The SMILES string of the molecule is N#Cc1c(N)nc2c(c1-c1cn[nH]c1-c1ccc(F)cc1)COCC2. The monoisotopic (exact) mass is 335 g/mol. The number of nitrogens with two attached hydrogens (primary N) is 1. The summed E-state index contributed by atoms with van der Waals surface area (Å²) in [5.74, 6) is -0.120. The predicted molar refractivity (Wildman–Crippen MR) is 89.7 cm³/mol. The number of fused-ring (bicyclic) bond motifs is 1. The Morgan fingerprint density at radius 2 is 2.08 bits per heavy atom. The van der Waals surface area contributed by atoms with Gasteiger partial charge in [0, 0.05) is 28.7 Å². The van der Waals surface area contributed by atoms with Gasteiger partial charge >= 0.3 is 0 Å². The molecule has 6 nitrogen and oxygen atoms in total. The second-order valence-corrected chi connectivity index (χ2v) is 5.75. The van der Waals surface area contributed by atoms with E-state index in [-0.39, 0.29) is 11.6 Å². The normalized spacial score (nSPS) is 13.3. The average Bonchev–Trinajstić information content (AvgIpc) is 3.10. The maximum absolute atomic E-state index is 13.2. The number of hydrogen-bond donors (Lipinski definition) is 2. The maximum Gasteiger partial charge on any atom is 0.142 e. The smallest absolute Gasteiger partial charge is 0.142 e. The van der Waals surface area contributed by atoms with Gasteiger partial charge in [0.2, 0.25) is 0 Å². The van der Waals surface area contributed by atoms with Crippen LogP contribution < -0.4 is 5.73 Å². The van der Waals surface area contributed by atoms with Gasteiger partial charge in [0.15, 0.2) is 0 Å². The average molecular weight is 335 g/mol. The van der Waals surface area contributed by atoms with Gasteiger partial charge < -0.3 is 10.5 Å². The van der Waals surface area contributed by atoms with E-state index < -0.39 is 0 Å². The minimum atomic E-state index is -0.318. The van der Waals surface area contributed by atoms with Crippen LogP contribution in [0.4, 0.5) is 10.2 Å². The summed E-state index contributed by atoms with van der Waals surface area (Å²) in [5, 5.41) is 16.7. The number of nitrogens with zero attached hydrogens (tertiary/aromatic N) is 3. The number of pyridine rings is 1. The first-order chi connectivity index (χ1) is 12.2. The molecule has 3 N–H and O–H groups in total. The van der Waals surface area contributed by atoms with Gasteiger partial charge in [-0.2, -0.15) is 10.4 Å². The molecule has 0 saturated heterocycles. The molecule has 0 radical (unpaired) electrons. The summed E-state index contributed by atoms with van der Waals surface area (Å²) in [6, 6.07) is 8.22. The van der Waals surface area contributed by atoms with Gasteiger partial charge in [-0.15, -0.1) is 0 Å². The van der Waals surface area contributed by atoms with E-state index in [0.29, 0.717) is 36.5 Å². The van der Waals surface area contributed by atoms with Crippen molar-refractivity contribution >= 4 is 5.82 Å². The lowest BCUT2D eigenvalue weighted by Crippen LogP contribution is -2.16. The summed E-state index contributed by atoms with van der Waals surface area (Å²) in [7, 11) is 0. The van der Waals surface area contributed by atoms with Crippen LogP contribution in [0.5, 0.6) is 0 Å². The van der Waals surface area contributed by atoms with Gasteiger partial charge in [-0.1, -0.05) is 0 Å². The maximum atomic E-state index is 13.2. The molecular weight excluding hydrogens is 321 g/mol. The first-order valence-electron chi connectivity index (χ1n) is 7.77. The quantitative estimate of drug-likeness (QED) is 0.750. The van der Waals surface area contributed by atoms with Crippen LogP contribution in [-0.4, -0.2) is 21.8 Å². The molecule has 25 heavy (non-hydrogen) atoms. The molecule has 1 aliphatic rings. The zero-order valence-corrected chi connectivity index (χ0v) is 13.2. The van der Waals surface area contributed by atoms with Crippen LogP contribution in [0.15, 0.2) is 30.5 Å². The number of ether oxygens (including phenoxy) is 1. The van der Waals surface area contributed by atoms with Crippen molar-refractivity contribution in [3.8, 4) is 28.5 Å². The summed E-state index contributed by atoms with van der Waals surface area (Å²) >= 11 is 0. The van der Waals surface area contributed by atoms with Crippen molar-refractivity contribution in [1.82, 2.24) is 15.2 Å². The molecule has 0 atom stereocenters. The molecule has 1 aromatic carbocycles. The summed E-state index contributed by atoms with van der Waals surface area (Å²) in [4.78, 5) is 4.36. The fraction of sp³-hybridized carbons (Fsp3) is 0.167. The highest BCUT2D eigenvalue weighted by Gasteiger charge is 2.25. The van der Waals surface area contributed by atoms with Crippen molar-refractivity contribution in [2.24, 2.45) is 0 Å². The van der Waals surface area contributed by atoms with E-state index in [1.54, 1.807) is 18.3 Å². The van der Waals surface area contributed by atoms with E-state index in [0.717, 1.165) is 22.4 Å². The molecule has 0 bridgehead atoms. The molecule has 0 unspecified atom stereocenters. The number of nitrogen functional groups attached to an aromatic ring is 1. The molecular formula is C18H14FN5O.